The number of thiocarbonyl (C=S) groups is 1. The summed E-state index contributed by atoms with van der Waals surface area (Å²) in [4.78, 5) is 21.6. The molecule has 0 spiro atoms. The van der Waals surface area contributed by atoms with E-state index in [1.165, 1.54) is 5.16 Å². The molecule has 0 saturated carbocycles. The number of aromatic nitrogens is 5. The monoisotopic (exact) mass is 694 g/mol. The molecule has 5 heterocycles. The van der Waals surface area contributed by atoms with E-state index in [4.69, 9.17) is 5.41 Å². The number of nitrogens with zero attached hydrogens (tertiary/aromatic N) is 6. The van der Waals surface area contributed by atoms with Crippen molar-refractivity contribution in [2.75, 3.05) is 0 Å². The summed E-state index contributed by atoms with van der Waals surface area (Å²) in [7, 11) is -10.7. The number of hydrogen-bond acceptors (Lipinski definition) is 6. The molecule has 0 radical (unpaired) electrons. The fourth-order valence-corrected chi connectivity index (χ4v) is 2.78. The van der Waals surface area contributed by atoms with E-state index in [0.29, 0.717) is 0 Å². The molecule has 214 valence electrons. The summed E-state index contributed by atoms with van der Waals surface area (Å²) >= 11 is 3.70. The maximum Gasteiger partial charge on any atom is 2.00 e. The number of hydrogen-bond donors (Lipinski definition) is 0. The first-order chi connectivity index (χ1) is 18.8. The number of pyridine rings is 5. The van der Waals surface area contributed by atoms with E-state index < -0.39 is 7.81 Å². The normalized spacial score (nSPS) is 11.5. The molecule has 0 N–H and O–H groups in total. The van der Waals surface area contributed by atoms with Crippen molar-refractivity contribution in [3.63, 3.8) is 0 Å². The van der Waals surface area contributed by atoms with Crippen LogP contribution < -0.4 is 0 Å². The first kappa shape index (κ1) is 35.2. The van der Waals surface area contributed by atoms with Crippen LogP contribution in [0.3, 0.4) is 0 Å². The third kappa shape index (κ3) is 16.8. The molecule has 0 aliphatic rings. The third-order valence-electron chi connectivity index (χ3n) is 4.20. The van der Waals surface area contributed by atoms with Gasteiger partial charge < -0.3 is 5.41 Å². The Bertz CT molecular complexity index is 1400. The molecule has 0 aliphatic carbocycles. The van der Waals surface area contributed by atoms with E-state index in [-0.39, 0.29) is 19.5 Å². The second-order valence-electron chi connectivity index (χ2n) is 7.32. The van der Waals surface area contributed by atoms with E-state index in [1.54, 1.807) is 24.8 Å². The van der Waals surface area contributed by atoms with Crippen LogP contribution in [0.2, 0.25) is 0 Å². The van der Waals surface area contributed by atoms with Gasteiger partial charge in [-0.3, -0.25) is 19.9 Å². The smallest absolute Gasteiger partial charge is 0.753 e. The van der Waals surface area contributed by atoms with E-state index in [1.807, 2.05) is 91.0 Å². The van der Waals surface area contributed by atoms with Crippen LogP contribution in [0.25, 0.3) is 39.6 Å². The van der Waals surface area contributed by atoms with Gasteiger partial charge in [-0.1, -0.05) is 42.5 Å². The molecular formula is C26H19F6N6PRuS. The summed E-state index contributed by atoms with van der Waals surface area (Å²) in [5, 5.41) is 8.47. The molecular weight excluding hydrogens is 674 g/mol. The minimum atomic E-state index is -10.7. The maximum atomic E-state index is 9.87. The second-order valence-corrected chi connectivity index (χ2v) is 9.42. The second kappa shape index (κ2) is 15.3. The van der Waals surface area contributed by atoms with Crippen molar-refractivity contribution in [3.8, 4) is 34.2 Å². The number of isothiocyanates is 1. The van der Waals surface area contributed by atoms with Gasteiger partial charge >= 0.3 is 52.5 Å². The summed E-state index contributed by atoms with van der Waals surface area (Å²) in [6.45, 7) is 0. The average molecular weight is 694 g/mol. The van der Waals surface area contributed by atoms with Crippen molar-refractivity contribution in [1.82, 2.24) is 24.9 Å². The van der Waals surface area contributed by atoms with Crippen molar-refractivity contribution >= 4 is 25.2 Å². The molecule has 0 unspecified atom stereocenters. The zero-order chi connectivity index (χ0) is 29.6. The van der Waals surface area contributed by atoms with Gasteiger partial charge in [0, 0.05) is 24.8 Å². The van der Waals surface area contributed by atoms with Crippen molar-refractivity contribution in [2.24, 2.45) is 0 Å². The summed E-state index contributed by atoms with van der Waals surface area (Å²) < 4.78 is 59.2. The standard InChI is InChI=1S/C15H11N3.C10H8N2.CNS.F6P.Ru/c1-3-10-16-12(6-1)14-8-5-9-15(18-14)13-7-2-4-11-17-13;1-3-7-11-9(5-1)10-6-2-4-8-12-10;2-1-3;1-7(2,3,4,5)6;/h1-11H;1-8H;;;/q;;2*-1;+2. The van der Waals surface area contributed by atoms with E-state index >= 15 is 0 Å². The van der Waals surface area contributed by atoms with Gasteiger partial charge in [0.05, 0.1) is 34.2 Å². The fourth-order valence-electron chi connectivity index (χ4n) is 2.78. The topological polar surface area (TPSA) is 86.8 Å². The Balaban J connectivity index is 0.000000317. The van der Waals surface area contributed by atoms with Crippen molar-refractivity contribution in [2.45, 2.75) is 0 Å². The van der Waals surface area contributed by atoms with E-state index in [2.05, 4.69) is 37.1 Å². The number of halogens is 6. The summed E-state index contributed by atoms with van der Waals surface area (Å²) in [5.41, 5.74) is 5.29. The Labute approximate surface area is 249 Å². The Kier molecular flexibility index (Phi) is 13.1. The van der Waals surface area contributed by atoms with Crippen LogP contribution in [0.15, 0.2) is 116 Å². The van der Waals surface area contributed by atoms with Gasteiger partial charge in [0.15, 0.2) is 0 Å². The van der Waals surface area contributed by atoms with Crippen LogP contribution in [-0.4, -0.2) is 30.1 Å². The third-order valence-corrected chi connectivity index (χ3v) is 4.20. The first-order valence-electron chi connectivity index (χ1n) is 11.0. The minimum Gasteiger partial charge on any atom is -0.753 e. The van der Waals surface area contributed by atoms with Gasteiger partial charge in [-0.15, -0.1) is 0 Å². The molecule has 0 bridgehead atoms. The fraction of sp³-hybridized carbons (Fsp3) is 0. The minimum absolute atomic E-state index is 0. The summed E-state index contributed by atoms with van der Waals surface area (Å²) in [6.07, 6.45) is 7.07. The Morgan fingerprint density at radius 3 is 0.927 bits per heavy atom. The molecule has 5 rings (SSSR count). The van der Waals surface area contributed by atoms with Crippen molar-refractivity contribution < 1.29 is 44.7 Å². The quantitative estimate of drug-likeness (QED) is 0.0616. The summed E-state index contributed by atoms with van der Waals surface area (Å²) in [6, 6.07) is 29.1. The van der Waals surface area contributed by atoms with Gasteiger partial charge in [-0.25, -0.2) is 4.98 Å². The maximum absolute atomic E-state index is 10.7. The van der Waals surface area contributed by atoms with Crippen LogP contribution >= 0.6 is 20.0 Å². The zero-order valence-corrected chi connectivity index (χ0v) is 24.1. The molecule has 6 nitrogen and oxygen atoms in total. The van der Waals surface area contributed by atoms with Gasteiger partial charge in [0.1, 0.15) is 0 Å². The van der Waals surface area contributed by atoms with Crippen LogP contribution in [0.4, 0.5) is 25.2 Å². The van der Waals surface area contributed by atoms with Gasteiger partial charge in [0.2, 0.25) is 0 Å². The average Bonchev–Trinajstić information content (AvgIpc) is 2.94. The predicted octanol–water partition coefficient (Wildman–Crippen LogP) is 9.39. The summed E-state index contributed by atoms with van der Waals surface area (Å²) in [5.74, 6) is 0. The zero-order valence-electron chi connectivity index (χ0n) is 20.6. The molecule has 15 heteroatoms. The molecule has 0 saturated heterocycles. The predicted molar refractivity (Wildman–Crippen MR) is 148 cm³/mol. The van der Waals surface area contributed by atoms with Crippen molar-refractivity contribution in [1.29, 1.82) is 0 Å². The van der Waals surface area contributed by atoms with Gasteiger partial charge in [-0.05, 0) is 60.7 Å². The Morgan fingerprint density at radius 1 is 0.488 bits per heavy atom. The van der Waals surface area contributed by atoms with Crippen LogP contribution in [0.1, 0.15) is 0 Å². The van der Waals surface area contributed by atoms with E-state index in [0.717, 1.165) is 34.2 Å². The van der Waals surface area contributed by atoms with E-state index in [9.17, 15) is 25.2 Å². The molecule has 0 fully saturated rings. The molecule has 41 heavy (non-hydrogen) atoms. The number of rotatable bonds is 3. The molecule has 0 amide bonds. The van der Waals surface area contributed by atoms with Crippen LogP contribution in [0.5, 0.6) is 0 Å². The molecule has 5 aromatic heterocycles. The van der Waals surface area contributed by atoms with Crippen LogP contribution in [-0.2, 0) is 19.5 Å². The molecule has 0 aromatic carbocycles. The SMILES string of the molecule is F[P-](F)(F)(F)(F)F.[N-]=C=S.[Ru+2].c1ccc(-c2cccc(-c3ccccn3)n2)nc1.c1ccc(-c2ccccn2)nc1. The van der Waals surface area contributed by atoms with Gasteiger partial charge in [-0.2, -0.15) is 5.16 Å². The Morgan fingerprint density at radius 2 is 0.707 bits per heavy atom. The molecule has 5 aromatic rings. The molecule has 0 atom stereocenters. The van der Waals surface area contributed by atoms with Crippen molar-refractivity contribution in [3.05, 3.63) is 121 Å². The van der Waals surface area contributed by atoms with Crippen LogP contribution in [0, 0.1) is 0 Å². The Hall–Kier alpha value is -3.82. The first-order valence-corrected chi connectivity index (χ1v) is 13.4. The van der Waals surface area contributed by atoms with Gasteiger partial charge in [0.25, 0.3) is 0 Å². The largest absolute Gasteiger partial charge is 2.00 e. The molecule has 0 aliphatic heterocycles.